The number of likely N-dealkylation sites (tertiary alicyclic amines) is 1. The van der Waals surface area contributed by atoms with E-state index in [0.717, 1.165) is 5.56 Å². The molecule has 7 nitrogen and oxygen atoms in total. The maximum atomic E-state index is 12.4. The molecular weight excluding hydrogens is 344 g/mol. The molecule has 138 valence electrons. The smallest absolute Gasteiger partial charge is 0.410 e. The third-order valence-corrected chi connectivity index (χ3v) is 5.11. The molecule has 0 spiro atoms. The van der Waals surface area contributed by atoms with Crippen molar-refractivity contribution in [2.45, 2.75) is 57.1 Å². The lowest BCUT2D eigenvalue weighted by Crippen LogP contribution is -2.48. The standard InChI is InChI=1S/C17H24N2O5S/c1-12-7-9-13(10-8-12)25(22,23)18-15(20)14-6-5-11-19(14)16(21)24-17(2,3)4/h7-10,14H,5-6,11H2,1-4H3,(H,18,20)/t14-/m0/s1. The molecule has 0 aliphatic carbocycles. The third-order valence-electron chi connectivity index (χ3n) is 3.75. The molecule has 1 aromatic rings. The SMILES string of the molecule is Cc1ccc(S(=O)(=O)NC(=O)[C@@H]2CCCN2C(=O)OC(C)(C)C)cc1. The molecule has 0 aromatic heterocycles. The minimum Gasteiger partial charge on any atom is -0.444 e. The fourth-order valence-corrected chi connectivity index (χ4v) is 3.57. The van der Waals surface area contributed by atoms with Crippen LogP contribution in [-0.4, -0.2) is 43.5 Å². The Labute approximate surface area is 148 Å². The normalized spacial score (nSPS) is 18.1. The van der Waals surface area contributed by atoms with Gasteiger partial charge in [0.15, 0.2) is 0 Å². The summed E-state index contributed by atoms with van der Waals surface area (Å²) in [5.41, 5.74) is 0.228. The van der Waals surface area contributed by atoms with E-state index in [9.17, 15) is 18.0 Å². The highest BCUT2D eigenvalue weighted by Crippen LogP contribution is 2.21. The Balaban J connectivity index is 2.11. The van der Waals surface area contributed by atoms with Crippen LogP contribution in [0.4, 0.5) is 4.79 Å². The summed E-state index contributed by atoms with van der Waals surface area (Å²) >= 11 is 0. The van der Waals surface area contributed by atoms with Crippen molar-refractivity contribution in [2.75, 3.05) is 6.54 Å². The molecule has 0 bridgehead atoms. The van der Waals surface area contributed by atoms with Crippen LogP contribution in [-0.2, 0) is 19.6 Å². The molecule has 1 saturated heterocycles. The lowest BCUT2D eigenvalue weighted by Gasteiger charge is -2.27. The Morgan fingerprint density at radius 3 is 2.36 bits per heavy atom. The Morgan fingerprint density at radius 2 is 1.80 bits per heavy atom. The molecule has 1 N–H and O–H groups in total. The van der Waals surface area contributed by atoms with Crippen molar-refractivity contribution in [1.82, 2.24) is 9.62 Å². The predicted molar refractivity (Wildman–Crippen MR) is 92.5 cm³/mol. The van der Waals surface area contributed by atoms with Gasteiger partial charge in [-0.2, -0.15) is 0 Å². The van der Waals surface area contributed by atoms with E-state index in [4.69, 9.17) is 4.74 Å². The van der Waals surface area contributed by atoms with Crippen LogP contribution in [0.1, 0.15) is 39.2 Å². The number of sulfonamides is 1. The van der Waals surface area contributed by atoms with Gasteiger partial charge in [-0.05, 0) is 52.7 Å². The number of carbonyl (C=O) groups excluding carboxylic acids is 2. The Hall–Kier alpha value is -2.09. The van der Waals surface area contributed by atoms with Gasteiger partial charge in [-0.3, -0.25) is 9.69 Å². The van der Waals surface area contributed by atoms with E-state index in [2.05, 4.69) is 4.72 Å². The van der Waals surface area contributed by atoms with E-state index in [0.29, 0.717) is 19.4 Å². The van der Waals surface area contributed by atoms with E-state index in [-0.39, 0.29) is 4.90 Å². The van der Waals surface area contributed by atoms with Gasteiger partial charge in [0.25, 0.3) is 15.9 Å². The van der Waals surface area contributed by atoms with Crippen LogP contribution in [0.25, 0.3) is 0 Å². The van der Waals surface area contributed by atoms with Crippen LogP contribution >= 0.6 is 0 Å². The topological polar surface area (TPSA) is 92.8 Å². The Bertz CT molecular complexity index is 750. The monoisotopic (exact) mass is 368 g/mol. The summed E-state index contributed by atoms with van der Waals surface area (Å²) in [4.78, 5) is 26.0. The zero-order chi connectivity index (χ0) is 18.8. The first kappa shape index (κ1) is 19.2. The van der Waals surface area contributed by atoms with Crippen LogP contribution in [0.2, 0.25) is 0 Å². The summed E-state index contributed by atoms with van der Waals surface area (Å²) < 4.78 is 32.1. The zero-order valence-electron chi connectivity index (χ0n) is 14.9. The van der Waals surface area contributed by atoms with Gasteiger partial charge < -0.3 is 4.74 Å². The Kier molecular flexibility index (Phi) is 5.41. The van der Waals surface area contributed by atoms with E-state index in [1.807, 2.05) is 6.92 Å². The summed E-state index contributed by atoms with van der Waals surface area (Å²) in [6, 6.07) is 5.33. The highest BCUT2D eigenvalue weighted by molar-refractivity contribution is 7.90. The number of hydrogen-bond donors (Lipinski definition) is 1. The first-order valence-corrected chi connectivity index (χ1v) is 9.61. The number of hydrogen-bond acceptors (Lipinski definition) is 5. The molecule has 0 unspecified atom stereocenters. The van der Waals surface area contributed by atoms with Gasteiger partial charge in [0, 0.05) is 6.54 Å². The van der Waals surface area contributed by atoms with Crippen molar-refractivity contribution in [1.29, 1.82) is 0 Å². The van der Waals surface area contributed by atoms with Crippen LogP contribution in [0.5, 0.6) is 0 Å². The zero-order valence-corrected chi connectivity index (χ0v) is 15.7. The van der Waals surface area contributed by atoms with Crippen molar-refractivity contribution in [3.8, 4) is 0 Å². The van der Waals surface area contributed by atoms with Crippen LogP contribution in [0.3, 0.4) is 0 Å². The number of amides is 2. The van der Waals surface area contributed by atoms with Crippen LogP contribution in [0, 0.1) is 6.92 Å². The second-order valence-electron chi connectivity index (χ2n) is 7.11. The van der Waals surface area contributed by atoms with E-state index in [1.54, 1.807) is 32.9 Å². The molecule has 1 atom stereocenters. The molecule has 0 radical (unpaired) electrons. The fourth-order valence-electron chi connectivity index (χ4n) is 2.56. The predicted octanol–water partition coefficient (Wildman–Crippen LogP) is 2.20. The van der Waals surface area contributed by atoms with Crippen molar-refractivity contribution < 1.29 is 22.7 Å². The van der Waals surface area contributed by atoms with Gasteiger partial charge in [-0.1, -0.05) is 17.7 Å². The molecule has 2 amide bonds. The van der Waals surface area contributed by atoms with Crippen LogP contribution < -0.4 is 4.72 Å². The van der Waals surface area contributed by atoms with Gasteiger partial charge in [0.2, 0.25) is 0 Å². The fraction of sp³-hybridized carbons (Fsp3) is 0.529. The molecular formula is C17H24N2O5S. The maximum absolute atomic E-state index is 12.4. The quantitative estimate of drug-likeness (QED) is 0.883. The second kappa shape index (κ2) is 7.03. The largest absolute Gasteiger partial charge is 0.444 e. The molecule has 8 heteroatoms. The molecule has 2 rings (SSSR count). The minimum atomic E-state index is -3.98. The average Bonchev–Trinajstić information content (AvgIpc) is 2.95. The Morgan fingerprint density at radius 1 is 1.20 bits per heavy atom. The number of benzene rings is 1. The van der Waals surface area contributed by atoms with Crippen molar-refractivity contribution in [2.24, 2.45) is 0 Å². The average molecular weight is 368 g/mol. The van der Waals surface area contributed by atoms with Gasteiger partial charge in [0.05, 0.1) is 4.90 Å². The summed E-state index contributed by atoms with van der Waals surface area (Å²) in [5, 5.41) is 0. The minimum absolute atomic E-state index is 0.00765. The van der Waals surface area contributed by atoms with Gasteiger partial charge in [0.1, 0.15) is 11.6 Å². The van der Waals surface area contributed by atoms with Crippen LogP contribution in [0.15, 0.2) is 29.2 Å². The molecule has 1 fully saturated rings. The lowest BCUT2D eigenvalue weighted by atomic mass is 10.2. The maximum Gasteiger partial charge on any atom is 0.410 e. The number of rotatable bonds is 3. The first-order chi connectivity index (χ1) is 11.5. The lowest BCUT2D eigenvalue weighted by molar-refractivity contribution is -0.123. The van der Waals surface area contributed by atoms with Crippen molar-refractivity contribution in [3.05, 3.63) is 29.8 Å². The highest BCUT2D eigenvalue weighted by atomic mass is 32.2. The first-order valence-electron chi connectivity index (χ1n) is 8.12. The molecule has 25 heavy (non-hydrogen) atoms. The number of nitrogens with one attached hydrogen (secondary N) is 1. The molecule has 1 aliphatic heterocycles. The molecule has 1 aromatic carbocycles. The summed E-state index contributed by atoms with van der Waals surface area (Å²) in [5.74, 6) is -0.719. The van der Waals surface area contributed by atoms with Gasteiger partial charge >= 0.3 is 6.09 Å². The number of nitrogens with zero attached hydrogens (tertiary/aromatic N) is 1. The van der Waals surface area contributed by atoms with Gasteiger partial charge in [-0.25, -0.2) is 17.9 Å². The highest BCUT2D eigenvalue weighted by Gasteiger charge is 2.38. The third kappa shape index (κ3) is 4.94. The van der Waals surface area contributed by atoms with Gasteiger partial charge in [-0.15, -0.1) is 0 Å². The molecule has 1 aliphatic rings. The number of carbonyl (C=O) groups is 2. The van der Waals surface area contributed by atoms with Crippen molar-refractivity contribution >= 4 is 22.0 Å². The van der Waals surface area contributed by atoms with E-state index < -0.39 is 33.7 Å². The molecule has 0 saturated carbocycles. The molecule has 1 heterocycles. The number of ether oxygens (including phenoxy) is 1. The summed E-state index contributed by atoms with van der Waals surface area (Å²) in [6.45, 7) is 7.40. The number of aryl methyl sites for hydroxylation is 1. The summed E-state index contributed by atoms with van der Waals surface area (Å²) in [7, 11) is -3.98. The van der Waals surface area contributed by atoms with E-state index >= 15 is 0 Å². The second-order valence-corrected chi connectivity index (χ2v) is 8.80. The van der Waals surface area contributed by atoms with Crippen molar-refractivity contribution in [3.63, 3.8) is 0 Å². The van der Waals surface area contributed by atoms with E-state index in [1.165, 1.54) is 17.0 Å². The summed E-state index contributed by atoms with van der Waals surface area (Å²) in [6.07, 6.45) is 0.397.